The van der Waals surface area contributed by atoms with Crippen molar-refractivity contribution in [3.8, 4) is 0 Å². The van der Waals surface area contributed by atoms with Gasteiger partial charge in [0.2, 0.25) is 0 Å². The van der Waals surface area contributed by atoms with Crippen molar-refractivity contribution in [2.45, 2.75) is 19.6 Å². The Morgan fingerprint density at radius 1 is 1.12 bits per heavy atom. The van der Waals surface area contributed by atoms with Crippen LogP contribution in [0.15, 0.2) is 55.0 Å². The van der Waals surface area contributed by atoms with E-state index in [2.05, 4.69) is 51.3 Å². The third-order valence-electron chi connectivity index (χ3n) is 4.36. The summed E-state index contributed by atoms with van der Waals surface area (Å²) in [6.45, 7) is 4.59. The lowest BCUT2D eigenvalue weighted by molar-refractivity contribution is 0.391. The van der Waals surface area contributed by atoms with E-state index in [1.54, 1.807) is 0 Å². The average Bonchev–Trinajstić information content (AvgIpc) is 3.25. The van der Waals surface area contributed by atoms with Gasteiger partial charge in [0.15, 0.2) is 0 Å². The van der Waals surface area contributed by atoms with Crippen LogP contribution in [0.1, 0.15) is 11.1 Å². The molecule has 1 aromatic carbocycles. The maximum absolute atomic E-state index is 4.45. The smallest absolute Gasteiger partial charge is 0.124 e. The summed E-state index contributed by atoms with van der Waals surface area (Å²) in [5.41, 5.74) is 2.48. The van der Waals surface area contributed by atoms with Crippen molar-refractivity contribution >= 4 is 5.82 Å². The topological polar surface area (TPSA) is 59.7 Å². The summed E-state index contributed by atoms with van der Waals surface area (Å²) in [6, 6.07) is 12.4. The highest BCUT2D eigenvalue weighted by Gasteiger charge is 2.17. The van der Waals surface area contributed by atoms with Gasteiger partial charge in [0.1, 0.15) is 5.82 Å². The molecule has 0 fully saturated rings. The molecule has 0 spiro atoms. The highest BCUT2D eigenvalue weighted by molar-refractivity contribution is 5.35. The molecule has 124 valence electrons. The van der Waals surface area contributed by atoms with E-state index in [0.29, 0.717) is 5.92 Å². The zero-order valence-corrected chi connectivity index (χ0v) is 13.6. The lowest BCUT2D eigenvalue weighted by Crippen LogP contribution is -2.35. The number of fused-ring (bicyclic) bond motifs is 1. The number of benzene rings is 1. The van der Waals surface area contributed by atoms with Crippen LogP contribution in [0.2, 0.25) is 0 Å². The van der Waals surface area contributed by atoms with Crippen molar-refractivity contribution in [3.63, 3.8) is 0 Å². The van der Waals surface area contributed by atoms with Crippen LogP contribution in [0.5, 0.6) is 0 Å². The molecule has 3 aromatic rings. The van der Waals surface area contributed by atoms with Crippen molar-refractivity contribution in [3.05, 3.63) is 66.1 Å². The van der Waals surface area contributed by atoms with E-state index in [9.17, 15) is 0 Å². The first-order chi connectivity index (χ1) is 11.9. The predicted octanol–water partition coefficient (Wildman–Crippen LogP) is 1.96. The Bertz CT molecular complexity index is 776. The maximum atomic E-state index is 4.45. The quantitative estimate of drug-likeness (QED) is 0.728. The number of aromatic nitrogens is 4. The Labute approximate surface area is 141 Å². The summed E-state index contributed by atoms with van der Waals surface area (Å²) < 4.78 is 4.03. The lowest BCUT2D eigenvalue weighted by atomic mass is 10.1. The predicted molar refractivity (Wildman–Crippen MR) is 93.7 cm³/mol. The number of hydrogen-bond donors (Lipinski definition) is 2. The van der Waals surface area contributed by atoms with Crippen LogP contribution < -0.4 is 10.6 Å². The average molecular weight is 322 g/mol. The summed E-state index contributed by atoms with van der Waals surface area (Å²) >= 11 is 0. The molecule has 0 saturated carbocycles. The molecule has 0 saturated heterocycles. The molecule has 1 aliphatic rings. The number of nitrogens with zero attached hydrogens (tertiary/aromatic N) is 4. The molecule has 1 atom stereocenters. The number of nitrogens with one attached hydrogen (secondary N) is 2. The van der Waals surface area contributed by atoms with Crippen molar-refractivity contribution in [2.75, 3.05) is 18.4 Å². The van der Waals surface area contributed by atoms with E-state index in [4.69, 9.17) is 0 Å². The second-order valence-corrected chi connectivity index (χ2v) is 6.31. The van der Waals surface area contributed by atoms with Crippen LogP contribution >= 0.6 is 0 Å². The van der Waals surface area contributed by atoms with E-state index in [0.717, 1.165) is 38.5 Å². The fourth-order valence-corrected chi connectivity index (χ4v) is 3.10. The van der Waals surface area contributed by atoms with Gasteiger partial charge in [-0.25, -0.2) is 4.68 Å². The minimum Gasteiger partial charge on any atom is -0.370 e. The zero-order chi connectivity index (χ0) is 16.2. The molecule has 6 heteroatoms. The molecular formula is C18H22N6. The SMILES string of the molecule is c1ccc(Cn2cc(CNC[C@@H]3CNc4ccnn4C3)cn2)cc1. The second kappa shape index (κ2) is 6.88. The van der Waals surface area contributed by atoms with E-state index in [1.807, 2.05) is 33.9 Å². The van der Waals surface area contributed by atoms with Gasteiger partial charge in [-0.1, -0.05) is 30.3 Å². The van der Waals surface area contributed by atoms with Crippen LogP contribution in [0.4, 0.5) is 5.82 Å². The number of hydrogen-bond acceptors (Lipinski definition) is 4. The largest absolute Gasteiger partial charge is 0.370 e. The van der Waals surface area contributed by atoms with Gasteiger partial charge in [0.25, 0.3) is 0 Å². The summed E-state index contributed by atoms with van der Waals surface area (Å²) in [5, 5.41) is 15.7. The first-order valence-electron chi connectivity index (χ1n) is 8.38. The lowest BCUT2D eigenvalue weighted by Gasteiger charge is -2.25. The van der Waals surface area contributed by atoms with Gasteiger partial charge in [0, 0.05) is 49.9 Å². The molecule has 0 bridgehead atoms. The molecule has 6 nitrogen and oxygen atoms in total. The van der Waals surface area contributed by atoms with Gasteiger partial charge >= 0.3 is 0 Å². The number of rotatable bonds is 6. The van der Waals surface area contributed by atoms with Crippen LogP contribution in [0.3, 0.4) is 0 Å². The Hall–Kier alpha value is -2.60. The monoisotopic (exact) mass is 322 g/mol. The summed E-state index contributed by atoms with van der Waals surface area (Å²) in [5.74, 6) is 1.67. The Morgan fingerprint density at radius 3 is 2.96 bits per heavy atom. The molecule has 24 heavy (non-hydrogen) atoms. The van der Waals surface area contributed by atoms with Crippen LogP contribution in [-0.2, 0) is 19.6 Å². The van der Waals surface area contributed by atoms with Gasteiger partial charge in [0.05, 0.1) is 18.9 Å². The summed E-state index contributed by atoms with van der Waals surface area (Å²) in [6.07, 6.45) is 5.91. The van der Waals surface area contributed by atoms with Gasteiger partial charge in [-0.15, -0.1) is 0 Å². The Balaban J connectivity index is 1.25. The highest BCUT2D eigenvalue weighted by atomic mass is 15.3. The number of anilines is 1. The molecule has 0 unspecified atom stereocenters. The Kier molecular flexibility index (Phi) is 4.29. The standard InChI is InChI=1S/C18H22N6/c1-2-4-15(5-3-1)12-23-13-17(11-22-23)9-19-8-16-10-20-18-6-7-21-24(18)14-16/h1-7,11,13,16,19-20H,8-10,12,14H2/t16-/m1/s1. The third kappa shape index (κ3) is 3.49. The summed E-state index contributed by atoms with van der Waals surface area (Å²) in [4.78, 5) is 0. The molecule has 1 aliphatic heterocycles. The fourth-order valence-electron chi connectivity index (χ4n) is 3.10. The third-order valence-corrected chi connectivity index (χ3v) is 4.36. The minimum atomic E-state index is 0.553. The molecule has 3 heterocycles. The maximum Gasteiger partial charge on any atom is 0.124 e. The summed E-state index contributed by atoms with van der Waals surface area (Å²) in [7, 11) is 0. The van der Waals surface area contributed by atoms with E-state index < -0.39 is 0 Å². The van der Waals surface area contributed by atoms with Gasteiger partial charge in [-0.3, -0.25) is 4.68 Å². The van der Waals surface area contributed by atoms with Crippen molar-refractivity contribution < 1.29 is 0 Å². The van der Waals surface area contributed by atoms with Crippen molar-refractivity contribution in [2.24, 2.45) is 5.92 Å². The molecule has 0 aliphatic carbocycles. The van der Waals surface area contributed by atoms with Gasteiger partial charge in [-0.05, 0) is 5.56 Å². The van der Waals surface area contributed by atoms with E-state index >= 15 is 0 Å². The molecule has 2 aromatic heterocycles. The molecule has 2 N–H and O–H groups in total. The van der Waals surface area contributed by atoms with Crippen LogP contribution in [0, 0.1) is 5.92 Å². The fraction of sp³-hybridized carbons (Fsp3) is 0.333. The normalized spacial score (nSPS) is 16.6. The van der Waals surface area contributed by atoms with Crippen LogP contribution in [-0.4, -0.2) is 32.7 Å². The molecule has 4 rings (SSSR count). The van der Waals surface area contributed by atoms with E-state index in [-0.39, 0.29) is 0 Å². The second-order valence-electron chi connectivity index (χ2n) is 6.31. The van der Waals surface area contributed by atoms with Crippen molar-refractivity contribution in [1.29, 1.82) is 0 Å². The zero-order valence-electron chi connectivity index (χ0n) is 13.6. The Morgan fingerprint density at radius 2 is 2.04 bits per heavy atom. The van der Waals surface area contributed by atoms with Crippen molar-refractivity contribution in [1.82, 2.24) is 24.9 Å². The highest BCUT2D eigenvalue weighted by Crippen LogP contribution is 2.15. The van der Waals surface area contributed by atoms with Gasteiger partial charge < -0.3 is 10.6 Å². The van der Waals surface area contributed by atoms with E-state index in [1.165, 1.54) is 11.1 Å². The molecular weight excluding hydrogens is 300 g/mol. The molecule has 0 amide bonds. The van der Waals surface area contributed by atoms with Gasteiger partial charge in [-0.2, -0.15) is 10.2 Å². The first-order valence-corrected chi connectivity index (χ1v) is 8.38. The molecule has 0 radical (unpaired) electrons. The first kappa shape index (κ1) is 15.0. The minimum absolute atomic E-state index is 0.553. The van der Waals surface area contributed by atoms with Crippen LogP contribution in [0.25, 0.3) is 0 Å².